The molecule has 0 aliphatic rings. The smallest absolute Gasteiger partial charge is 0.345 e. The summed E-state index contributed by atoms with van der Waals surface area (Å²) in [7, 11) is -5.81. The third-order valence-electron chi connectivity index (χ3n) is 6.75. The van der Waals surface area contributed by atoms with E-state index in [0.29, 0.717) is 23.7 Å². The minimum atomic E-state index is -2.31. The third-order valence-corrected chi connectivity index (χ3v) is 16.7. The number of benzene rings is 3. The second-order valence-corrected chi connectivity index (χ2v) is 26.8. The Labute approximate surface area is 283 Å². The topological polar surface area (TPSA) is 80.3 Å². The van der Waals surface area contributed by atoms with Crippen LogP contribution in [0.1, 0.15) is 58.9 Å². The van der Waals surface area contributed by atoms with Gasteiger partial charge < -0.3 is 22.4 Å². The van der Waals surface area contributed by atoms with Crippen LogP contribution in [-0.4, -0.2) is 43.7 Å². The minimum absolute atomic E-state index is 0.125. The van der Waals surface area contributed by atoms with E-state index < -0.39 is 37.1 Å². The molecule has 0 aliphatic heterocycles. The van der Waals surface area contributed by atoms with E-state index in [-0.39, 0.29) is 16.3 Å². The Hall–Kier alpha value is -2.74. The van der Waals surface area contributed by atoms with E-state index in [1.165, 1.54) is 36.6 Å². The summed E-state index contributed by atoms with van der Waals surface area (Å²) in [6.45, 7) is 18.1. The first kappa shape index (κ1) is 37.7. The van der Waals surface area contributed by atoms with Gasteiger partial charge in [0.15, 0.2) is 16.6 Å². The van der Waals surface area contributed by atoms with Crippen molar-refractivity contribution >= 4 is 48.7 Å². The minimum Gasteiger partial charge on any atom is -0.494 e. The first-order chi connectivity index (χ1) is 21.6. The summed E-state index contributed by atoms with van der Waals surface area (Å²) < 4.78 is 30.1. The van der Waals surface area contributed by atoms with Crippen molar-refractivity contribution in [3.8, 4) is 17.2 Å². The molecule has 0 amide bonds. The first-order valence-electron chi connectivity index (χ1n) is 16.0. The summed E-state index contributed by atoms with van der Waals surface area (Å²) >= 11 is 6.37. The zero-order chi connectivity index (χ0) is 34.0. The molecular formula is C35H49ClO7Si3. The molecule has 11 heteroatoms. The molecular weight excluding hydrogens is 652 g/mol. The fourth-order valence-corrected chi connectivity index (χ4v) is 17.8. The van der Waals surface area contributed by atoms with Crippen LogP contribution in [-0.2, 0) is 14.7 Å². The van der Waals surface area contributed by atoms with Crippen molar-refractivity contribution in [3.63, 3.8) is 0 Å². The molecule has 0 saturated heterocycles. The summed E-state index contributed by atoms with van der Waals surface area (Å²) in [5.74, 6) is 0.184. The quantitative estimate of drug-likeness (QED) is 0.0600. The molecule has 46 heavy (non-hydrogen) atoms. The molecule has 3 aromatic carbocycles. The Bertz CT molecular complexity index is 1420. The number of unbranched alkanes of at least 4 members (excludes halogenated alkanes) is 2. The molecule has 0 aliphatic carbocycles. The van der Waals surface area contributed by atoms with Gasteiger partial charge in [0.05, 0.1) is 22.8 Å². The highest BCUT2D eigenvalue weighted by Gasteiger charge is 2.39. The van der Waals surface area contributed by atoms with Crippen molar-refractivity contribution in [3.05, 3.63) is 88.4 Å². The lowest BCUT2D eigenvalue weighted by atomic mass is 10.1. The number of rotatable bonds is 17. The number of halogens is 1. The highest BCUT2D eigenvalue weighted by molar-refractivity contribution is 6.87. The number of carbonyl (C=O) groups is 2. The molecule has 0 fully saturated rings. The van der Waals surface area contributed by atoms with Gasteiger partial charge in [-0.25, -0.2) is 9.59 Å². The van der Waals surface area contributed by atoms with Crippen molar-refractivity contribution in [1.82, 2.24) is 0 Å². The van der Waals surface area contributed by atoms with E-state index >= 15 is 0 Å². The predicted molar refractivity (Wildman–Crippen MR) is 193 cm³/mol. The van der Waals surface area contributed by atoms with Crippen LogP contribution in [0.4, 0.5) is 0 Å². The van der Waals surface area contributed by atoms with Gasteiger partial charge in [0.2, 0.25) is 0 Å². The molecule has 0 bridgehead atoms. The molecule has 7 nitrogen and oxygen atoms in total. The normalized spacial score (nSPS) is 12.1. The average Bonchev–Trinajstić information content (AvgIpc) is 2.94. The lowest BCUT2D eigenvalue weighted by Crippen LogP contribution is -2.52. The maximum absolute atomic E-state index is 12.8. The van der Waals surface area contributed by atoms with E-state index in [4.69, 9.17) is 34.0 Å². The Kier molecular flexibility index (Phi) is 13.9. The van der Waals surface area contributed by atoms with Gasteiger partial charge in [0.25, 0.3) is 0 Å². The van der Waals surface area contributed by atoms with Gasteiger partial charge in [-0.05, 0) is 125 Å². The van der Waals surface area contributed by atoms with E-state index in [1.54, 1.807) is 36.4 Å². The SMILES string of the molecule is CCCCCc1ccc(OC(=O)c2ccc(OC(=O)c3ccc(OCCC[Si](C)(O[Si](C)(C)C)O[Si](C)(C)C)cc3)cc2Cl)cc1. The van der Waals surface area contributed by atoms with E-state index in [0.717, 1.165) is 25.3 Å². The number of ether oxygens (including phenoxy) is 3. The highest BCUT2D eigenvalue weighted by Crippen LogP contribution is 2.27. The van der Waals surface area contributed by atoms with Gasteiger partial charge >= 0.3 is 20.5 Å². The summed E-state index contributed by atoms with van der Waals surface area (Å²) in [4.78, 5) is 25.5. The third kappa shape index (κ3) is 13.2. The van der Waals surface area contributed by atoms with Gasteiger partial charge in [-0.1, -0.05) is 43.5 Å². The summed E-state index contributed by atoms with van der Waals surface area (Å²) in [5, 5.41) is 0.125. The molecule has 250 valence electrons. The van der Waals surface area contributed by atoms with Crippen LogP contribution in [0.3, 0.4) is 0 Å². The number of hydrogen-bond acceptors (Lipinski definition) is 7. The van der Waals surface area contributed by atoms with Gasteiger partial charge in [0.1, 0.15) is 17.2 Å². The highest BCUT2D eigenvalue weighted by atomic mass is 35.5. The summed E-state index contributed by atoms with van der Waals surface area (Å²) in [6.07, 6.45) is 5.31. The predicted octanol–water partition coefficient (Wildman–Crippen LogP) is 10.1. The maximum atomic E-state index is 12.8. The second-order valence-electron chi connectivity index (χ2n) is 13.6. The Balaban J connectivity index is 1.50. The van der Waals surface area contributed by atoms with Crippen LogP contribution in [0.25, 0.3) is 0 Å². The fraction of sp³-hybridized carbons (Fsp3) is 0.429. The van der Waals surface area contributed by atoms with Crippen molar-refractivity contribution in [2.75, 3.05) is 6.61 Å². The zero-order valence-electron chi connectivity index (χ0n) is 28.5. The summed E-state index contributed by atoms with van der Waals surface area (Å²) in [5.41, 5.74) is 1.74. The molecule has 0 aromatic heterocycles. The number of hydrogen-bond donors (Lipinski definition) is 0. The molecule has 3 aromatic rings. The number of carbonyl (C=O) groups excluding carboxylic acids is 2. The van der Waals surface area contributed by atoms with Crippen molar-refractivity contribution in [2.24, 2.45) is 0 Å². The average molecular weight is 701 g/mol. The monoisotopic (exact) mass is 700 g/mol. The van der Waals surface area contributed by atoms with Crippen molar-refractivity contribution < 1.29 is 32.0 Å². The van der Waals surface area contributed by atoms with Crippen molar-refractivity contribution in [2.45, 2.75) is 90.9 Å². The number of esters is 2. The summed E-state index contributed by atoms with van der Waals surface area (Å²) in [6, 6.07) is 19.6. The molecule has 0 unspecified atom stereocenters. The molecule has 0 radical (unpaired) electrons. The van der Waals surface area contributed by atoms with E-state index in [1.807, 2.05) is 12.1 Å². The lowest BCUT2D eigenvalue weighted by molar-refractivity contribution is 0.0730. The molecule has 0 heterocycles. The first-order valence-corrected chi connectivity index (χ1v) is 25.7. The molecule has 3 rings (SSSR count). The lowest BCUT2D eigenvalue weighted by Gasteiger charge is -2.38. The molecule has 0 N–H and O–H groups in total. The standard InChI is InChI=1S/C35H49ClO7Si3/c1-9-10-11-13-27-14-18-30(19-15-27)40-35(38)32-23-22-31(26-33(32)36)41-34(37)28-16-20-29(21-17-28)39-24-12-25-46(8,42-44(2,3)4)43-45(5,6)7/h14-23,26H,9-13,24-25H2,1-8H3. The molecule has 0 spiro atoms. The Morgan fingerprint density at radius 1 is 0.674 bits per heavy atom. The van der Waals surface area contributed by atoms with Crippen LogP contribution in [0.15, 0.2) is 66.7 Å². The van der Waals surface area contributed by atoms with Crippen LogP contribution < -0.4 is 14.2 Å². The Morgan fingerprint density at radius 3 is 1.80 bits per heavy atom. The second kappa shape index (κ2) is 16.9. The van der Waals surface area contributed by atoms with Gasteiger partial charge in [-0.3, -0.25) is 0 Å². The van der Waals surface area contributed by atoms with Crippen LogP contribution >= 0.6 is 11.6 Å². The van der Waals surface area contributed by atoms with Crippen LogP contribution in [0.5, 0.6) is 17.2 Å². The zero-order valence-corrected chi connectivity index (χ0v) is 32.3. The van der Waals surface area contributed by atoms with Crippen LogP contribution in [0, 0.1) is 0 Å². The molecule has 0 atom stereocenters. The largest absolute Gasteiger partial charge is 0.494 e. The number of aryl methyl sites for hydroxylation is 1. The Morgan fingerprint density at radius 2 is 1.24 bits per heavy atom. The van der Waals surface area contributed by atoms with E-state index in [2.05, 4.69) is 52.8 Å². The van der Waals surface area contributed by atoms with Gasteiger partial charge in [-0.15, -0.1) is 0 Å². The van der Waals surface area contributed by atoms with Gasteiger partial charge in [-0.2, -0.15) is 0 Å². The van der Waals surface area contributed by atoms with Crippen LogP contribution in [0.2, 0.25) is 56.9 Å². The van der Waals surface area contributed by atoms with Crippen molar-refractivity contribution in [1.29, 1.82) is 0 Å². The van der Waals surface area contributed by atoms with Gasteiger partial charge in [0, 0.05) is 6.07 Å². The molecule has 0 saturated carbocycles. The maximum Gasteiger partial charge on any atom is 0.345 e. The van der Waals surface area contributed by atoms with E-state index in [9.17, 15) is 9.59 Å². The fourth-order valence-electron chi connectivity index (χ4n) is 5.04.